The number of benzene rings is 1. The van der Waals surface area contributed by atoms with Gasteiger partial charge in [-0.3, -0.25) is 0 Å². The van der Waals surface area contributed by atoms with E-state index >= 15 is 0 Å². The fourth-order valence-electron chi connectivity index (χ4n) is 2.53. The average Bonchev–Trinajstić information content (AvgIpc) is 2.40. The summed E-state index contributed by atoms with van der Waals surface area (Å²) in [5.74, 6) is 2.61. The molecule has 2 rings (SSSR count). The molecule has 0 aromatic heterocycles. The predicted molar refractivity (Wildman–Crippen MR) is 85.8 cm³/mol. The Morgan fingerprint density at radius 2 is 1.94 bits per heavy atom. The molecule has 3 heteroatoms. The Kier molecular flexibility index (Phi) is 5.93. The van der Waals surface area contributed by atoms with Crippen LogP contribution < -0.4 is 5.32 Å². The summed E-state index contributed by atoms with van der Waals surface area (Å²) in [5, 5.41) is 5.20. The van der Waals surface area contributed by atoms with Crippen molar-refractivity contribution in [3.05, 3.63) is 35.9 Å². The Morgan fingerprint density at radius 1 is 1.22 bits per heavy atom. The van der Waals surface area contributed by atoms with Crippen LogP contribution in [0.2, 0.25) is 0 Å². The fourth-order valence-corrected chi connectivity index (χ4v) is 5.49. The summed E-state index contributed by atoms with van der Waals surface area (Å²) in [4.78, 5) is 0. The lowest BCUT2D eigenvalue weighted by Crippen LogP contribution is -2.45. The minimum absolute atomic E-state index is 0.602. The molecule has 3 unspecified atom stereocenters. The van der Waals surface area contributed by atoms with Crippen molar-refractivity contribution in [3.8, 4) is 0 Å². The zero-order valence-corrected chi connectivity index (χ0v) is 12.9. The second-order valence-electron chi connectivity index (χ2n) is 4.77. The Morgan fingerprint density at radius 3 is 2.61 bits per heavy atom. The summed E-state index contributed by atoms with van der Waals surface area (Å²) < 4.78 is 0. The van der Waals surface area contributed by atoms with Gasteiger partial charge in [0.05, 0.1) is 0 Å². The van der Waals surface area contributed by atoms with E-state index in [-0.39, 0.29) is 0 Å². The topological polar surface area (TPSA) is 12.0 Å². The van der Waals surface area contributed by atoms with Crippen molar-refractivity contribution in [2.45, 2.75) is 36.8 Å². The highest BCUT2D eigenvalue weighted by Gasteiger charge is 2.29. The summed E-state index contributed by atoms with van der Waals surface area (Å²) in [6.07, 6.45) is 1.15. The zero-order chi connectivity index (χ0) is 12.8. The van der Waals surface area contributed by atoms with Crippen LogP contribution in [0.25, 0.3) is 0 Å². The minimum Gasteiger partial charge on any atom is -0.313 e. The molecule has 0 saturated carbocycles. The van der Waals surface area contributed by atoms with Crippen LogP contribution in [-0.4, -0.2) is 34.6 Å². The van der Waals surface area contributed by atoms with Crippen LogP contribution in [-0.2, 0) is 6.42 Å². The largest absolute Gasteiger partial charge is 0.313 e. The maximum absolute atomic E-state index is 3.70. The Hall–Kier alpha value is -0.120. The molecule has 0 spiro atoms. The van der Waals surface area contributed by atoms with E-state index in [1.165, 1.54) is 17.1 Å². The molecule has 0 radical (unpaired) electrons. The van der Waals surface area contributed by atoms with Gasteiger partial charge in [-0.05, 0) is 18.5 Å². The number of nitrogens with one attached hydrogen (secondary N) is 1. The highest BCUT2D eigenvalue weighted by atomic mass is 32.2. The first-order valence-electron chi connectivity index (χ1n) is 6.81. The van der Waals surface area contributed by atoms with Crippen LogP contribution in [0.5, 0.6) is 0 Å². The van der Waals surface area contributed by atoms with Crippen molar-refractivity contribution in [3.63, 3.8) is 0 Å². The lowest BCUT2D eigenvalue weighted by Gasteiger charge is -2.35. The monoisotopic (exact) mass is 281 g/mol. The smallest absolute Gasteiger partial charge is 0.0320 e. The van der Waals surface area contributed by atoms with Crippen molar-refractivity contribution >= 4 is 23.5 Å². The Balaban J connectivity index is 2.02. The average molecular weight is 281 g/mol. The molecule has 0 aliphatic carbocycles. The third-order valence-corrected chi connectivity index (χ3v) is 6.65. The molecule has 3 atom stereocenters. The van der Waals surface area contributed by atoms with Crippen LogP contribution in [0.15, 0.2) is 30.3 Å². The molecule has 1 aliphatic rings. The van der Waals surface area contributed by atoms with Crippen molar-refractivity contribution in [1.82, 2.24) is 5.32 Å². The van der Waals surface area contributed by atoms with E-state index in [4.69, 9.17) is 0 Å². The maximum Gasteiger partial charge on any atom is 0.0320 e. The lowest BCUT2D eigenvalue weighted by atomic mass is 10.0. The van der Waals surface area contributed by atoms with Gasteiger partial charge in [0.15, 0.2) is 0 Å². The van der Waals surface area contributed by atoms with E-state index in [1.807, 2.05) is 0 Å². The summed E-state index contributed by atoms with van der Waals surface area (Å²) in [7, 11) is 0. The van der Waals surface area contributed by atoms with Gasteiger partial charge in [0.1, 0.15) is 0 Å². The van der Waals surface area contributed by atoms with Crippen molar-refractivity contribution < 1.29 is 0 Å². The molecule has 1 heterocycles. The summed E-state index contributed by atoms with van der Waals surface area (Å²) in [6, 6.07) is 11.5. The second kappa shape index (κ2) is 7.46. The molecule has 1 aromatic rings. The van der Waals surface area contributed by atoms with Crippen LogP contribution >= 0.6 is 23.5 Å². The Bertz CT molecular complexity index is 342. The first-order chi connectivity index (χ1) is 8.81. The normalized spacial score (nSPS) is 25.9. The minimum atomic E-state index is 0.602. The van der Waals surface area contributed by atoms with E-state index in [1.54, 1.807) is 0 Å². The van der Waals surface area contributed by atoms with Gasteiger partial charge < -0.3 is 5.32 Å². The highest BCUT2D eigenvalue weighted by Crippen LogP contribution is 2.33. The van der Waals surface area contributed by atoms with Crippen molar-refractivity contribution in [1.29, 1.82) is 0 Å². The predicted octanol–water partition coefficient (Wildman–Crippen LogP) is 3.44. The van der Waals surface area contributed by atoms with Crippen LogP contribution in [0.4, 0.5) is 0 Å². The second-order valence-corrected chi connectivity index (χ2v) is 7.54. The summed E-state index contributed by atoms with van der Waals surface area (Å²) in [6.45, 7) is 5.66. The number of rotatable bonds is 5. The number of thioether (sulfide) groups is 2. The number of hydrogen-bond acceptors (Lipinski definition) is 3. The molecule has 1 nitrogen and oxygen atoms in total. The van der Waals surface area contributed by atoms with Gasteiger partial charge in [-0.1, -0.05) is 44.2 Å². The van der Waals surface area contributed by atoms with E-state index in [2.05, 4.69) is 73.0 Å². The maximum atomic E-state index is 3.70. The number of likely N-dealkylation sites (N-methyl/N-ethyl adjacent to an activating group) is 1. The van der Waals surface area contributed by atoms with Gasteiger partial charge >= 0.3 is 0 Å². The van der Waals surface area contributed by atoms with E-state index < -0.39 is 0 Å². The third kappa shape index (κ3) is 3.94. The van der Waals surface area contributed by atoms with Gasteiger partial charge in [0.2, 0.25) is 0 Å². The molecule has 1 saturated heterocycles. The molecule has 1 aromatic carbocycles. The summed E-state index contributed by atoms with van der Waals surface area (Å²) >= 11 is 4.29. The Labute approximate surface area is 120 Å². The van der Waals surface area contributed by atoms with E-state index in [0.29, 0.717) is 6.04 Å². The molecule has 1 aliphatic heterocycles. The quantitative estimate of drug-likeness (QED) is 0.888. The van der Waals surface area contributed by atoms with Crippen LogP contribution in [0.1, 0.15) is 19.4 Å². The molecule has 1 fully saturated rings. The van der Waals surface area contributed by atoms with Gasteiger partial charge in [0, 0.05) is 28.0 Å². The first-order valence-corrected chi connectivity index (χ1v) is 8.91. The molecule has 0 bridgehead atoms. The SMILES string of the molecule is CCNC(Cc1ccccc1)C1SCCSC1C. The molecule has 1 N–H and O–H groups in total. The summed E-state index contributed by atoms with van der Waals surface area (Å²) in [5.41, 5.74) is 1.45. The van der Waals surface area contributed by atoms with Gasteiger partial charge in [-0.25, -0.2) is 0 Å². The van der Waals surface area contributed by atoms with Crippen LogP contribution in [0, 0.1) is 0 Å². The highest BCUT2D eigenvalue weighted by molar-refractivity contribution is 8.07. The molecular weight excluding hydrogens is 258 g/mol. The van der Waals surface area contributed by atoms with E-state index in [0.717, 1.165) is 23.5 Å². The molecule has 100 valence electrons. The first kappa shape index (κ1) is 14.3. The zero-order valence-electron chi connectivity index (χ0n) is 11.3. The van der Waals surface area contributed by atoms with Gasteiger partial charge in [0.25, 0.3) is 0 Å². The van der Waals surface area contributed by atoms with Crippen molar-refractivity contribution in [2.24, 2.45) is 0 Å². The van der Waals surface area contributed by atoms with Gasteiger partial charge in [-0.2, -0.15) is 23.5 Å². The van der Waals surface area contributed by atoms with Gasteiger partial charge in [-0.15, -0.1) is 0 Å². The number of hydrogen-bond donors (Lipinski definition) is 1. The third-order valence-electron chi connectivity index (χ3n) is 3.40. The standard InChI is InChI=1S/C15H23NS2/c1-3-16-14(11-13-7-5-4-6-8-13)15-12(2)17-9-10-18-15/h4-8,12,14-16H,3,9-11H2,1-2H3. The molecule has 18 heavy (non-hydrogen) atoms. The van der Waals surface area contributed by atoms with Crippen molar-refractivity contribution in [2.75, 3.05) is 18.1 Å². The van der Waals surface area contributed by atoms with Crippen LogP contribution in [0.3, 0.4) is 0 Å². The van der Waals surface area contributed by atoms with E-state index in [9.17, 15) is 0 Å². The molecule has 0 amide bonds. The molecular formula is C15H23NS2. The lowest BCUT2D eigenvalue weighted by molar-refractivity contribution is 0.501. The fraction of sp³-hybridized carbons (Fsp3) is 0.600.